The van der Waals surface area contributed by atoms with Crippen LogP contribution >= 0.6 is 15.9 Å². The van der Waals surface area contributed by atoms with Crippen molar-refractivity contribution in [3.05, 3.63) is 35.3 Å². The van der Waals surface area contributed by atoms with Gasteiger partial charge in [0.25, 0.3) is 0 Å². The van der Waals surface area contributed by atoms with Crippen LogP contribution in [-0.2, 0) is 9.47 Å². The number of fused-ring (bicyclic) bond motifs is 1. The molecule has 37 heavy (non-hydrogen) atoms. The van der Waals surface area contributed by atoms with Gasteiger partial charge in [-0.2, -0.15) is 5.10 Å². The van der Waals surface area contributed by atoms with Crippen LogP contribution in [-0.4, -0.2) is 69.1 Å². The molecule has 0 N–H and O–H groups in total. The lowest BCUT2D eigenvalue weighted by Crippen LogP contribution is -2.47. The van der Waals surface area contributed by atoms with Crippen molar-refractivity contribution in [3.8, 4) is 11.3 Å². The molecular weight excluding hydrogens is 536 g/mol. The van der Waals surface area contributed by atoms with Crippen LogP contribution in [0, 0.1) is 0 Å². The second-order valence-corrected chi connectivity index (χ2v) is 11.7. The average molecular weight is 572 g/mol. The SMILES string of the molecule is CN(C(=O)OC(C)(C)C)C1CCN(c2cncc(-c3nn(C4CCCCO4)c4cnc(Br)cc34)c2)CC1. The van der Waals surface area contributed by atoms with Crippen LogP contribution < -0.4 is 4.90 Å². The molecule has 0 bridgehead atoms. The Hall–Kier alpha value is -2.72. The second-order valence-electron chi connectivity index (χ2n) is 10.9. The van der Waals surface area contributed by atoms with E-state index in [0.717, 1.165) is 84.3 Å². The summed E-state index contributed by atoms with van der Waals surface area (Å²) in [6, 6.07) is 4.33. The van der Waals surface area contributed by atoms with Gasteiger partial charge >= 0.3 is 6.09 Å². The molecule has 0 radical (unpaired) electrons. The minimum absolute atomic E-state index is 0.0786. The molecule has 198 valence electrons. The highest BCUT2D eigenvalue weighted by Gasteiger charge is 2.29. The molecule has 9 nitrogen and oxygen atoms in total. The highest BCUT2D eigenvalue weighted by atomic mass is 79.9. The summed E-state index contributed by atoms with van der Waals surface area (Å²) in [4.78, 5) is 25.6. The van der Waals surface area contributed by atoms with Gasteiger partial charge in [0.15, 0.2) is 6.23 Å². The van der Waals surface area contributed by atoms with Gasteiger partial charge in [-0.25, -0.2) is 14.5 Å². The molecule has 5 heterocycles. The van der Waals surface area contributed by atoms with E-state index in [4.69, 9.17) is 14.6 Å². The summed E-state index contributed by atoms with van der Waals surface area (Å²) < 4.78 is 14.3. The molecule has 2 saturated heterocycles. The Morgan fingerprint density at radius 1 is 1.14 bits per heavy atom. The van der Waals surface area contributed by atoms with Crippen molar-refractivity contribution in [2.75, 3.05) is 31.6 Å². The molecule has 3 aromatic rings. The summed E-state index contributed by atoms with van der Waals surface area (Å²) >= 11 is 3.52. The van der Waals surface area contributed by atoms with Crippen molar-refractivity contribution < 1.29 is 14.3 Å². The first kappa shape index (κ1) is 25.9. The van der Waals surface area contributed by atoms with Gasteiger partial charge in [0.05, 0.1) is 23.6 Å². The first-order valence-electron chi connectivity index (χ1n) is 13.0. The minimum Gasteiger partial charge on any atom is -0.444 e. The highest BCUT2D eigenvalue weighted by Crippen LogP contribution is 2.35. The molecule has 2 fully saturated rings. The first-order chi connectivity index (χ1) is 17.7. The van der Waals surface area contributed by atoms with Crippen LogP contribution in [0.1, 0.15) is 59.1 Å². The maximum atomic E-state index is 12.5. The van der Waals surface area contributed by atoms with Gasteiger partial charge in [0.1, 0.15) is 15.9 Å². The largest absolute Gasteiger partial charge is 0.444 e. The Balaban J connectivity index is 1.35. The van der Waals surface area contributed by atoms with Crippen LogP contribution in [0.15, 0.2) is 35.3 Å². The zero-order valence-corrected chi connectivity index (χ0v) is 23.6. The van der Waals surface area contributed by atoms with Crippen molar-refractivity contribution in [3.63, 3.8) is 0 Å². The molecule has 1 unspecified atom stereocenters. The van der Waals surface area contributed by atoms with Crippen LogP contribution in [0.2, 0.25) is 0 Å². The Morgan fingerprint density at radius 2 is 1.92 bits per heavy atom. The number of piperidine rings is 1. The molecule has 1 atom stereocenters. The number of ether oxygens (including phenoxy) is 2. The van der Waals surface area contributed by atoms with Crippen molar-refractivity contribution in [2.45, 2.75) is 70.7 Å². The third kappa shape index (κ3) is 5.75. The predicted molar refractivity (Wildman–Crippen MR) is 147 cm³/mol. The molecule has 0 spiro atoms. The monoisotopic (exact) mass is 570 g/mol. The molecule has 0 aromatic carbocycles. The van der Waals surface area contributed by atoms with Crippen LogP contribution in [0.5, 0.6) is 0 Å². The van der Waals surface area contributed by atoms with Crippen molar-refractivity contribution >= 4 is 38.6 Å². The van der Waals surface area contributed by atoms with E-state index in [0.29, 0.717) is 0 Å². The summed E-state index contributed by atoms with van der Waals surface area (Å²) in [5, 5.41) is 6.03. The number of pyridine rings is 2. The zero-order chi connectivity index (χ0) is 26.2. The maximum Gasteiger partial charge on any atom is 0.410 e. The van der Waals surface area contributed by atoms with E-state index >= 15 is 0 Å². The van der Waals surface area contributed by atoms with Crippen LogP contribution in [0.3, 0.4) is 0 Å². The van der Waals surface area contributed by atoms with Crippen LogP contribution in [0.25, 0.3) is 22.2 Å². The predicted octanol–water partition coefficient (Wildman–Crippen LogP) is 5.79. The quantitative estimate of drug-likeness (QED) is 0.367. The summed E-state index contributed by atoms with van der Waals surface area (Å²) in [6.45, 7) is 8.11. The maximum absolute atomic E-state index is 12.5. The van der Waals surface area contributed by atoms with Crippen LogP contribution in [0.4, 0.5) is 10.5 Å². The van der Waals surface area contributed by atoms with Gasteiger partial charge in [-0.15, -0.1) is 0 Å². The Bertz CT molecular complexity index is 1260. The van der Waals surface area contributed by atoms with Gasteiger partial charge in [-0.1, -0.05) is 0 Å². The number of rotatable bonds is 4. The van der Waals surface area contributed by atoms with Crippen molar-refractivity contribution in [1.29, 1.82) is 0 Å². The molecule has 0 aliphatic carbocycles. The molecule has 2 aliphatic heterocycles. The van der Waals surface area contributed by atoms with Crippen molar-refractivity contribution in [2.24, 2.45) is 0 Å². The van der Waals surface area contributed by atoms with Gasteiger partial charge < -0.3 is 19.3 Å². The van der Waals surface area contributed by atoms with E-state index in [-0.39, 0.29) is 18.4 Å². The number of hydrogen-bond donors (Lipinski definition) is 0. The van der Waals surface area contributed by atoms with Gasteiger partial charge in [-0.05, 0) is 80.9 Å². The standard InChI is InChI=1S/C27H35BrN6O3/c1-27(2,3)37-26(35)32(4)19-8-10-33(11-9-19)20-13-18(15-29-16-20)25-21-14-23(28)30-17-22(21)34(31-25)24-7-5-6-12-36-24/h13-17,19,24H,5-12H2,1-4H3. The lowest BCUT2D eigenvalue weighted by atomic mass is 10.0. The number of carbonyl (C=O) groups excluding carboxylic acids is 1. The smallest absolute Gasteiger partial charge is 0.410 e. The van der Waals surface area contributed by atoms with E-state index in [1.807, 2.05) is 57.2 Å². The third-order valence-corrected chi connectivity index (χ3v) is 7.48. The molecule has 0 saturated carbocycles. The van der Waals surface area contributed by atoms with E-state index in [9.17, 15) is 4.79 Å². The Labute approximate surface area is 226 Å². The number of halogens is 1. The number of aromatic nitrogens is 4. The topological polar surface area (TPSA) is 85.6 Å². The van der Waals surface area contributed by atoms with E-state index in [2.05, 4.69) is 36.9 Å². The average Bonchev–Trinajstić information content (AvgIpc) is 3.26. The zero-order valence-electron chi connectivity index (χ0n) is 22.0. The summed E-state index contributed by atoms with van der Waals surface area (Å²) in [6.07, 6.45) is 10.2. The summed E-state index contributed by atoms with van der Waals surface area (Å²) in [5.74, 6) is 0. The third-order valence-electron chi connectivity index (χ3n) is 7.04. The molecular formula is C27H35BrN6O3. The number of nitrogens with zero attached hydrogens (tertiary/aromatic N) is 6. The van der Waals surface area contributed by atoms with Crippen molar-refractivity contribution in [1.82, 2.24) is 24.6 Å². The fourth-order valence-corrected chi connectivity index (χ4v) is 5.42. The van der Waals surface area contributed by atoms with E-state index in [1.165, 1.54) is 0 Å². The summed E-state index contributed by atoms with van der Waals surface area (Å²) in [7, 11) is 1.83. The molecule has 1 amide bonds. The lowest BCUT2D eigenvalue weighted by molar-refractivity contribution is -0.0365. The number of amides is 1. The number of hydrogen-bond acceptors (Lipinski definition) is 7. The van der Waals surface area contributed by atoms with Gasteiger partial charge in [-0.3, -0.25) is 4.98 Å². The van der Waals surface area contributed by atoms with E-state index in [1.54, 1.807) is 4.90 Å². The fraction of sp³-hybridized carbons (Fsp3) is 0.556. The molecule has 3 aromatic heterocycles. The Morgan fingerprint density at radius 3 is 2.62 bits per heavy atom. The van der Waals surface area contributed by atoms with Gasteiger partial charge in [0.2, 0.25) is 0 Å². The molecule has 5 rings (SSSR count). The minimum atomic E-state index is -0.496. The normalized spacial score (nSPS) is 19.3. The highest BCUT2D eigenvalue weighted by molar-refractivity contribution is 9.10. The Kier molecular flexibility index (Phi) is 7.40. The van der Waals surface area contributed by atoms with E-state index < -0.39 is 5.60 Å². The number of anilines is 1. The van der Waals surface area contributed by atoms with Gasteiger partial charge in [0, 0.05) is 49.9 Å². The second kappa shape index (κ2) is 10.6. The molecule has 2 aliphatic rings. The first-order valence-corrected chi connectivity index (χ1v) is 13.8. The molecule has 10 heteroatoms. The number of carbonyl (C=O) groups is 1. The lowest BCUT2D eigenvalue weighted by Gasteiger charge is -2.38. The fourth-order valence-electron chi connectivity index (χ4n) is 5.08. The summed E-state index contributed by atoms with van der Waals surface area (Å²) in [5.41, 5.74) is 3.36.